The van der Waals surface area contributed by atoms with Crippen LogP contribution in [0, 0.1) is 0 Å². The highest BCUT2D eigenvalue weighted by Crippen LogP contribution is 2.26. The van der Waals surface area contributed by atoms with Crippen molar-refractivity contribution in [3.63, 3.8) is 0 Å². The Morgan fingerprint density at radius 3 is 2.62 bits per heavy atom. The van der Waals surface area contributed by atoms with Gasteiger partial charge in [0.05, 0.1) is 11.4 Å². The molecule has 2 aromatic heterocycles. The Kier molecular flexibility index (Phi) is 5.08. The van der Waals surface area contributed by atoms with E-state index in [2.05, 4.69) is 31.1 Å². The number of aromatic nitrogens is 5. The molecule has 144 valence electrons. The molecular weight excluding hydrogens is 390 g/mol. The van der Waals surface area contributed by atoms with E-state index in [4.69, 9.17) is 0 Å². The van der Waals surface area contributed by atoms with E-state index in [9.17, 15) is 9.59 Å². The highest BCUT2D eigenvalue weighted by atomic mass is 32.1. The molecule has 0 aliphatic carbocycles. The predicted molar refractivity (Wildman–Crippen MR) is 109 cm³/mol. The van der Waals surface area contributed by atoms with Crippen LogP contribution in [0.15, 0.2) is 60.2 Å². The van der Waals surface area contributed by atoms with E-state index in [0.717, 1.165) is 11.3 Å². The lowest BCUT2D eigenvalue weighted by molar-refractivity contribution is -0.114. The molecule has 2 aromatic carbocycles. The summed E-state index contributed by atoms with van der Waals surface area (Å²) in [5.41, 5.74) is 3.49. The number of amides is 2. The number of anilines is 2. The zero-order valence-corrected chi connectivity index (χ0v) is 16.1. The zero-order chi connectivity index (χ0) is 20.2. The fraction of sp³-hybridized carbons (Fsp3) is 0.0526. The van der Waals surface area contributed by atoms with Crippen LogP contribution in [-0.4, -0.2) is 37.0 Å². The van der Waals surface area contributed by atoms with Crippen molar-refractivity contribution in [2.24, 2.45) is 0 Å². The van der Waals surface area contributed by atoms with Crippen molar-refractivity contribution in [2.75, 3.05) is 10.6 Å². The van der Waals surface area contributed by atoms with Crippen LogP contribution >= 0.6 is 11.3 Å². The van der Waals surface area contributed by atoms with Gasteiger partial charge in [-0.3, -0.25) is 14.9 Å². The monoisotopic (exact) mass is 405 g/mol. The molecule has 0 aliphatic heterocycles. The van der Waals surface area contributed by atoms with Gasteiger partial charge in [0.2, 0.25) is 5.91 Å². The molecule has 29 heavy (non-hydrogen) atoms. The normalized spacial score (nSPS) is 10.5. The summed E-state index contributed by atoms with van der Waals surface area (Å²) in [6.45, 7) is 1.46. The lowest BCUT2D eigenvalue weighted by Crippen LogP contribution is -2.12. The Balaban J connectivity index is 1.47. The summed E-state index contributed by atoms with van der Waals surface area (Å²) in [4.78, 5) is 28.2. The highest BCUT2D eigenvalue weighted by molar-refractivity contribution is 7.14. The van der Waals surface area contributed by atoms with Gasteiger partial charge in [-0.2, -0.15) is 0 Å². The molecule has 2 heterocycles. The predicted octanol–water partition coefficient (Wildman–Crippen LogP) is 3.00. The third-order valence-corrected chi connectivity index (χ3v) is 4.71. The van der Waals surface area contributed by atoms with E-state index in [0.29, 0.717) is 22.1 Å². The molecule has 0 spiro atoms. The van der Waals surface area contributed by atoms with Gasteiger partial charge in [0, 0.05) is 29.1 Å². The molecule has 0 radical (unpaired) electrons. The Morgan fingerprint density at radius 2 is 1.90 bits per heavy atom. The third-order valence-electron chi connectivity index (χ3n) is 3.95. The third kappa shape index (κ3) is 4.33. The minimum Gasteiger partial charge on any atom is -0.326 e. The van der Waals surface area contributed by atoms with Crippen LogP contribution < -0.4 is 10.6 Å². The van der Waals surface area contributed by atoms with Gasteiger partial charge in [-0.1, -0.05) is 18.2 Å². The molecule has 0 saturated heterocycles. The summed E-state index contributed by atoms with van der Waals surface area (Å²) in [6, 6.07) is 14.3. The van der Waals surface area contributed by atoms with E-state index in [-0.39, 0.29) is 11.8 Å². The number of nitrogens with one attached hydrogen (secondary N) is 2. The first-order valence-electron chi connectivity index (χ1n) is 8.57. The van der Waals surface area contributed by atoms with Crippen LogP contribution in [0.4, 0.5) is 10.8 Å². The van der Waals surface area contributed by atoms with E-state index in [1.54, 1.807) is 36.4 Å². The second kappa shape index (κ2) is 7.98. The maximum atomic E-state index is 12.6. The molecule has 0 atom stereocenters. The van der Waals surface area contributed by atoms with Gasteiger partial charge in [0.25, 0.3) is 5.91 Å². The first kappa shape index (κ1) is 18.4. The van der Waals surface area contributed by atoms with Crippen molar-refractivity contribution >= 4 is 34.0 Å². The lowest BCUT2D eigenvalue weighted by atomic mass is 10.1. The Morgan fingerprint density at radius 1 is 1.07 bits per heavy atom. The fourth-order valence-electron chi connectivity index (χ4n) is 2.63. The second-order valence-electron chi connectivity index (χ2n) is 6.06. The summed E-state index contributed by atoms with van der Waals surface area (Å²) in [6.07, 6.45) is 1.46. The van der Waals surface area contributed by atoms with Crippen molar-refractivity contribution in [3.05, 3.63) is 65.8 Å². The fourth-order valence-corrected chi connectivity index (χ4v) is 3.34. The molecule has 4 rings (SSSR count). The lowest BCUT2D eigenvalue weighted by Gasteiger charge is -2.04. The number of carbonyl (C=O) groups is 2. The number of hydrogen-bond acceptors (Lipinski definition) is 7. The first-order valence-corrected chi connectivity index (χ1v) is 9.45. The van der Waals surface area contributed by atoms with Crippen molar-refractivity contribution in [1.82, 2.24) is 25.2 Å². The number of benzene rings is 2. The Hall–Kier alpha value is -3.92. The smallest absolute Gasteiger partial charge is 0.257 e. The van der Waals surface area contributed by atoms with Crippen LogP contribution in [-0.2, 0) is 4.79 Å². The van der Waals surface area contributed by atoms with E-state index < -0.39 is 0 Å². The van der Waals surface area contributed by atoms with Crippen molar-refractivity contribution in [2.45, 2.75) is 6.92 Å². The summed E-state index contributed by atoms with van der Waals surface area (Å²) >= 11 is 1.33. The molecule has 10 heteroatoms. The average Bonchev–Trinajstić information content (AvgIpc) is 3.40. The van der Waals surface area contributed by atoms with Gasteiger partial charge in [-0.25, -0.2) is 9.67 Å². The summed E-state index contributed by atoms with van der Waals surface area (Å²) in [5.74, 6) is -0.401. The maximum absolute atomic E-state index is 12.6. The maximum Gasteiger partial charge on any atom is 0.257 e. The van der Waals surface area contributed by atoms with Crippen LogP contribution in [0.25, 0.3) is 16.9 Å². The number of rotatable bonds is 5. The molecule has 0 saturated carbocycles. The summed E-state index contributed by atoms with van der Waals surface area (Å²) in [7, 11) is 0. The van der Waals surface area contributed by atoms with Gasteiger partial charge in [0.15, 0.2) is 5.13 Å². The van der Waals surface area contributed by atoms with E-state index in [1.807, 2.05) is 17.5 Å². The Bertz CT molecular complexity index is 1150. The van der Waals surface area contributed by atoms with Crippen molar-refractivity contribution in [3.8, 4) is 16.9 Å². The molecular formula is C19H15N7O2S. The van der Waals surface area contributed by atoms with Gasteiger partial charge < -0.3 is 5.32 Å². The van der Waals surface area contributed by atoms with E-state index in [1.165, 1.54) is 29.3 Å². The number of nitrogens with zero attached hydrogens (tertiary/aromatic N) is 5. The minimum absolute atomic E-state index is 0.124. The quantitative estimate of drug-likeness (QED) is 0.527. The van der Waals surface area contributed by atoms with Crippen molar-refractivity contribution in [1.29, 1.82) is 0 Å². The first-order chi connectivity index (χ1) is 14.1. The molecule has 0 aliphatic rings. The van der Waals surface area contributed by atoms with E-state index >= 15 is 0 Å². The summed E-state index contributed by atoms with van der Waals surface area (Å²) < 4.78 is 1.48. The van der Waals surface area contributed by atoms with Gasteiger partial charge >= 0.3 is 0 Å². The summed E-state index contributed by atoms with van der Waals surface area (Å²) in [5, 5.41) is 18.9. The van der Waals surface area contributed by atoms with Gasteiger partial charge in [-0.15, -0.1) is 16.4 Å². The van der Waals surface area contributed by atoms with Crippen LogP contribution in [0.3, 0.4) is 0 Å². The standard InChI is InChI=1S/C19H15N7O2S/c1-12(27)21-15-7-5-13(6-8-15)17-10-29-19(22-17)23-18(28)14-3-2-4-16(9-14)26-11-20-24-25-26/h2-11H,1H3,(H,21,27)(H,22,23,28). The van der Waals surface area contributed by atoms with Gasteiger partial charge in [0.1, 0.15) is 6.33 Å². The topological polar surface area (TPSA) is 115 Å². The van der Waals surface area contributed by atoms with Crippen LogP contribution in [0.1, 0.15) is 17.3 Å². The molecule has 9 nitrogen and oxygen atoms in total. The minimum atomic E-state index is -0.276. The molecule has 0 unspecified atom stereocenters. The molecule has 2 amide bonds. The molecule has 0 fully saturated rings. The largest absolute Gasteiger partial charge is 0.326 e. The molecule has 2 N–H and O–H groups in total. The van der Waals surface area contributed by atoms with Crippen LogP contribution in [0.5, 0.6) is 0 Å². The second-order valence-corrected chi connectivity index (χ2v) is 6.91. The number of thiazole rings is 1. The molecule has 0 bridgehead atoms. The average molecular weight is 405 g/mol. The molecule has 4 aromatic rings. The zero-order valence-electron chi connectivity index (χ0n) is 15.2. The SMILES string of the molecule is CC(=O)Nc1ccc(-c2csc(NC(=O)c3cccc(-n4cnnn4)c3)n2)cc1. The number of tetrazole rings is 1. The highest BCUT2D eigenvalue weighted by Gasteiger charge is 2.11. The van der Waals surface area contributed by atoms with Crippen molar-refractivity contribution < 1.29 is 9.59 Å². The van der Waals surface area contributed by atoms with Crippen LogP contribution in [0.2, 0.25) is 0 Å². The number of hydrogen-bond donors (Lipinski definition) is 2. The number of carbonyl (C=O) groups excluding carboxylic acids is 2. The van der Waals surface area contributed by atoms with Gasteiger partial charge in [-0.05, 0) is 40.8 Å². The Labute approximate surface area is 169 Å².